The fourth-order valence-corrected chi connectivity index (χ4v) is 1.32. The van der Waals surface area contributed by atoms with Gasteiger partial charge in [0.15, 0.2) is 6.61 Å². The highest BCUT2D eigenvalue weighted by atomic mass is 32.2. The Kier molecular flexibility index (Phi) is 5.68. The van der Waals surface area contributed by atoms with Crippen molar-refractivity contribution in [2.24, 2.45) is 0 Å². The van der Waals surface area contributed by atoms with Crippen LogP contribution in [-0.4, -0.2) is 40.0 Å². The molecule has 0 fully saturated rings. The first-order valence-corrected chi connectivity index (χ1v) is 5.56. The Morgan fingerprint density at radius 1 is 1.38 bits per heavy atom. The van der Waals surface area contributed by atoms with Crippen LogP contribution in [0.2, 0.25) is 0 Å². The zero-order valence-electron chi connectivity index (χ0n) is 8.20. The maximum Gasteiger partial charge on any atom is 0.413 e. The number of sulfonamides is 1. The third-order valence-corrected chi connectivity index (χ3v) is 2.34. The Balaban J connectivity index is 3.93. The molecule has 0 heterocycles. The van der Waals surface area contributed by atoms with E-state index in [2.05, 4.69) is 9.57 Å². The molecule has 10 heteroatoms. The molecule has 0 aromatic carbocycles. The summed E-state index contributed by atoms with van der Waals surface area (Å²) in [6.45, 7) is -1.75. The second kappa shape index (κ2) is 6.01. The lowest BCUT2D eigenvalue weighted by Crippen LogP contribution is -2.31. The second-order valence-electron chi connectivity index (χ2n) is 2.63. The number of nitrogens with one attached hydrogen (secondary N) is 1. The molecule has 0 radical (unpaired) electrons. The number of rotatable bonds is 6. The molecule has 0 aliphatic rings. The molecule has 0 saturated carbocycles. The third-order valence-electron chi connectivity index (χ3n) is 1.22. The largest absolute Gasteiger partial charge is 0.469 e. The summed E-state index contributed by atoms with van der Waals surface area (Å²) in [5.74, 6) is -1.50. The minimum atomic E-state index is -4.63. The molecule has 1 N–H and O–H groups in total. The summed E-state index contributed by atoms with van der Waals surface area (Å²) < 4.78 is 60.7. The van der Waals surface area contributed by atoms with Crippen LogP contribution < -0.4 is 4.89 Å². The molecule has 0 bridgehead atoms. The predicted octanol–water partition coefficient (Wildman–Crippen LogP) is -0.0372. The Bertz CT molecular complexity index is 326. The van der Waals surface area contributed by atoms with Gasteiger partial charge in [-0.3, -0.25) is 9.63 Å². The molecule has 6 nitrogen and oxygen atoms in total. The summed E-state index contributed by atoms with van der Waals surface area (Å²) in [7, 11) is -3.02. The van der Waals surface area contributed by atoms with Gasteiger partial charge in [-0.05, 0) is 0 Å². The highest BCUT2D eigenvalue weighted by Gasteiger charge is 2.28. The zero-order valence-corrected chi connectivity index (χ0v) is 9.02. The Morgan fingerprint density at radius 2 is 1.94 bits per heavy atom. The number of hydrogen-bond acceptors (Lipinski definition) is 5. The Hall–Kier alpha value is -0.870. The molecule has 0 atom stereocenters. The minimum absolute atomic E-state index is 0.471. The first-order chi connectivity index (χ1) is 7.16. The molecule has 0 aliphatic carbocycles. The summed E-state index contributed by atoms with van der Waals surface area (Å²) >= 11 is 0. The summed E-state index contributed by atoms with van der Waals surface area (Å²) in [6.07, 6.45) is -5.11. The van der Waals surface area contributed by atoms with E-state index in [1.165, 1.54) is 4.89 Å². The van der Waals surface area contributed by atoms with Gasteiger partial charge in [0.05, 0.1) is 19.3 Å². The second-order valence-corrected chi connectivity index (χ2v) is 4.44. The van der Waals surface area contributed by atoms with E-state index in [1.807, 2.05) is 0 Å². The number of methoxy groups -OCH3 is 1. The van der Waals surface area contributed by atoms with Gasteiger partial charge in [-0.15, -0.1) is 0 Å². The van der Waals surface area contributed by atoms with Crippen LogP contribution in [0.4, 0.5) is 13.2 Å². The fourth-order valence-electron chi connectivity index (χ4n) is 0.563. The molecule has 0 amide bonds. The van der Waals surface area contributed by atoms with Crippen LogP contribution in [0, 0.1) is 0 Å². The van der Waals surface area contributed by atoms with Crippen molar-refractivity contribution >= 4 is 16.0 Å². The van der Waals surface area contributed by atoms with Crippen LogP contribution in [-0.2, 0) is 24.4 Å². The van der Waals surface area contributed by atoms with Crippen LogP contribution in [0.5, 0.6) is 0 Å². The van der Waals surface area contributed by atoms with Gasteiger partial charge in [-0.2, -0.15) is 13.2 Å². The Morgan fingerprint density at radius 3 is 2.38 bits per heavy atom. The summed E-state index contributed by atoms with van der Waals surface area (Å²) in [5.41, 5.74) is 0. The van der Waals surface area contributed by atoms with Crippen molar-refractivity contribution < 1.29 is 36.0 Å². The van der Waals surface area contributed by atoms with Crippen molar-refractivity contribution in [1.29, 1.82) is 0 Å². The van der Waals surface area contributed by atoms with Crippen molar-refractivity contribution in [3.05, 3.63) is 0 Å². The number of esters is 1. The van der Waals surface area contributed by atoms with Crippen LogP contribution in [0.15, 0.2) is 0 Å². The van der Waals surface area contributed by atoms with Crippen LogP contribution >= 0.6 is 0 Å². The van der Waals surface area contributed by atoms with Gasteiger partial charge in [-0.25, -0.2) is 8.42 Å². The molecule has 0 unspecified atom stereocenters. The average Bonchev–Trinajstić information content (AvgIpc) is 2.12. The van der Waals surface area contributed by atoms with Crippen molar-refractivity contribution in [1.82, 2.24) is 4.89 Å². The van der Waals surface area contributed by atoms with E-state index >= 15 is 0 Å². The van der Waals surface area contributed by atoms with Gasteiger partial charge in [0, 0.05) is 0 Å². The maximum atomic E-state index is 11.6. The summed E-state index contributed by atoms with van der Waals surface area (Å²) in [5, 5.41) is 0. The number of alkyl halides is 3. The lowest BCUT2D eigenvalue weighted by atomic mass is 10.5. The molecule has 0 saturated heterocycles. The SMILES string of the molecule is COC(=O)CCS(=O)(=O)NOCC(F)(F)F. The highest BCUT2D eigenvalue weighted by molar-refractivity contribution is 7.89. The van der Waals surface area contributed by atoms with Gasteiger partial charge in [0.25, 0.3) is 0 Å². The number of ether oxygens (including phenoxy) is 1. The standard InChI is InChI=1S/C6H10F3NO5S/c1-14-5(11)2-3-16(12,13)10-15-4-6(7,8)9/h10H,2-4H2,1H3. The Labute approximate surface area is 89.7 Å². The first kappa shape index (κ1) is 15.1. The third kappa shape index (κ3) is 8.44. The quantitative estimate of drug-likeness (QED) is 0.538. The molecule has 0 spiro atoms. The number of hydrogen-bond donors (Lipinski definition) is 1. The number of halogens is 3. The van der Waals surface area contributed by atoms with E-state index < -0.39 is 40.9 Å². The number of carbonyl (C=O) groups is 1. The van der Waals surface area contributed by atoms with Crippen LogP contribution in [0.3, 0.4) is 0 Å². The molecule has 0 aromatic rings. The van der Waals surface area contributed by atoms with Crippen molar-refractivity contribution in [3.63, 3.8) is 0 Å². The highest BCUT2D eigenvalue weighted by Crippen LogP contribution is 2.13. The lowest BCUT2D eigenvalue weighted by molar-refractivity contribution is -0.181. The molecule has 0 aromatic heterocycles. The van der Waals surface area contributed by atoms with Gasteiger partial charge in [0.2, 0.25) is 10.0 Å². The lowest BCUT2D eigenvalue weighted by Gasteiger charge is -2.08. The maximum absolute atomic E-state index is 11.6. The molecule has 16 heavy (non-hydrogen) atoms. The minimum Gasteiger partial charge on any atom is -0.469 e. The van der Waals surface area contributed by atoms with E-state index in [0.29, 0.717) is 0 Å². The molecule has 0 rings (SSSR count). The van der Waals surface area contributed by atoms with E-state index in [9.17, 15) is 26.4 Å². The monoisotopic (exact) mass is 265 g/mol. The van der Waals surface area contributed by atoms with Crippen molar-refractivity contribution in [2.45, 2.75) is 12.6 Å². The zero-order chi connectivity index (χ0) is 12.8. The molecule has 96 valence electrons. The van der Waals surface area contributed by atoms with E-state index in [4.69, 9.17) is 0 Å². The first-order valence-electron chi connectivity index (χ1n) is 3.91. The van der Waals surface area contributed by atoms with E-state index in [-0.39, 0.29) is 0 Å². The van der Waals surface area contributed by atoms with Crippen LogP contribution in [0.1, 0.15) is 6.42 Å². The van der Waals surface area contributed by atoms with Crippen molar-refractivity contribution in [3.8, 4) is 0 Å². The van der Waals surface area contributed by atoms with Gasteiger partial charge in [0.1, 0.15) is 0 Å². The topological polar surface area (TPSA) is 81.7 Å². The smallest absolute Gasteiger partial charge is 0.413 e. The van der Waals surface area contributed by atoms with E-state index in [1.54, 1.807) is 0 Å². The van der Waals surface area contributed by atoms with Gasteiger partial charge < -0.3 is 4.74 Å². The van der Waals surface area contributed by atoms with Crippen LogP contribution in [0.25, 0.3) is 0 Å². The summed E-state index contributed by atoms with van der Waals surface area (Å²) in [4.78, 5) is 15.5. The van der Waals surface area contributed by atoms with Crippen molar-refractivity contribution in [2.75, 3.05) is 19.5 Å². The van der Waals surface area contributed by atoms with E-state index in [0.717, 1.165) is 7.11 Å². The number of carbonyl (C=O) groups excluding carboxylic acids is 1. The normalized spacial score (nSPS) is 12.5. The fraction of sp³-hybridized carbons (Fsp3) is 0.833. The molecular formula is C6H10F3NO5S. The van der Waals surface area contributed by atoms with Gasteiger partial charge in [-0.1, -0.05) is 4.89 Å². The predicted molar refractivity (Wildman–Crippen MR) is 45.6 cm³/mol. The average molecular weight is 265 g/mol. The molecule has 0 aliphatic heterocycles. The molecular weight excluding hydrogens is 255 g/mol. The summed E-state index contributed by atoms with van der Waals surface area (Å²) in [6, 6.07) is 0. The van der Waals surface area contributed by atoms with Gasteiger partial charge >= 0.3 is 12.1 Å².